The number of hydrogen-bond donors (Lipinski definition) is 3. The van der Waals surface area contributed by atoms with Crippen molar-refractivity contribution < 1.29 is 9.90 Å². The third kappa shape index (κ3) is 2.16. The second-order valence-electron chi connectivity index (χ2n) is 3.91. The van der Waals surface area contributed by atoms with Gasteiger partial charge >= 0.3 is 6.09 Å². The van der Waals surface area contributed by atoms with Crippen LogP contribution >= 0.6 is 0 Å². The maximum absolute atomic E-state index is 10.5. The highest BCUT2D eigenvalue weighted by molar-refractivity contribution is 5.83. The molecule has 0 aliphatic heterocycles. The number of H-pyrrole nitrogens is 1. The Kier molecular flexibility index (Phi) is 2.81. The lowest BCUT2D eigenvalue weighted by Gasteiger charge is -2.10. The second-order valence-corrected chi connectivity index (χ2v) is 3.91. The zero-order valence-corrected chi connectivity index (χ0v) is 9.03. The molecule has 1 heterocycles. The van der Waals surface area contributed by atoms with Crippen LogP contribution in [0.2, 0.25) is 0 Å². The average Bonchev–Trinajstić information content (AvgIpc) is 2.61. The third-order valence-corrected chi connectivity index (χ3v) is 2.57. The van der Waals surface area contributed by atoms with E-state index in [9.17, 15) is 4.79 Å². The van der Waals surface area contributed by atoms with Gasteiger partial charge in [-0.25, -0.2) is 4.79 Å². The topological polar surface area (TPSA) is 65.1 Å². The minimum Gasteiger partial charge on any atom is -0.465 e. The Hall–Kier alpha value is -1.97. The fourth-order valence-corrected chi connectivity index (χ4v) is 1.89. The maximum atomic E-state index is 10.5. The first-order valence-corrected chi connectivity index (χ1v) is 5.21. The monoisotopic (exact) mass is 218 g/mol. The zero-order valence-electron chi connectivity index (χ0n) is 9.03. The van der Waals surface area contributed by atoms with Crippen LogP contribution in [-0.4, -0.2) is 22.2 Å². The quantitative estimate of drug-likeness (QED) is 0.740. The minimum atomic E-state index is -0.979. The lowest BCUT2D eigenvalue weighted by Crippen LogP contribution is -2.32. The van der Waals surface area contributed by atoms with Gasteiger partial charge in [0.25, 0.3) is 0 Å². The van der Waals surface area contributed by atoms with Crippen LogP contribution in [0.5, 0.6) is 0 Å². The van der Waals surface area contributed by atoms with Gasteiger partial charge in [-0.05, 0) is 25.0 Å². The summed E-state index contributed by atoms with van der Waals surface area (Å²) in [5, 5.41) is 12.2. The van der Waals surface area contributed by atoms with Crippen molar-refractivity contribution in [2.24, 2.45) is 0 Å². The summed E-state index contributed by atoms with van der Waals surface area (Å²) in [5.41, 5.74) is 2.22. The Morgan fingerprint density at radius 1 is 1.50 bits per heavy atom. The Balaban J connectivity index is 2.18. The van der Waals surface area contributed by atoms with Gasteiger partial charge < -0.3 is 15.4 Å². The average molecular weight is 218 g/mol. The van der Waals surface area contributed by atoms with Crippen LogP contribution in [0.25, 0.3) is 10.9 Å². The van der Waals surface area contributed by atoms with Gasteiger partial charge in [0.2, 0.25) is 0 Å². The molecule has 0 saturated heterocycles. The largest absolute Gasteiger partial charge is 0.465 e. The number of carboxylic acid groups (broad SMARTS) is 1. The molecule has 84 valence electrons. The second kappa shape index (κ2) is 4.26. The van der Waals surface area contributed by atoms with Gasteiger partial charge in [-0.1, -0.05) is 18.2 Å². The van der Waals surface area contributed by atoms with E-state index in [1.54, 1.807) is 0 Å². The molecular formula is C12H14N2O2. The van der Waals surface area contributed by atoms with E-state index in [0.717, 1.165) is 16.5 Å². The first kappa shape index (κ1) is 10.5. The summed E-state index contributed by atoms with van der Waals surface area (Å²) in [7, 11) is 0. The summed E-state index contributed by atoms with van der Waals surface area (Å²) in [5.74, 6) is 0. The lowest BCUT2D eigenvalue weighted by molar-refractivity contribution is 0.190. The van der Waals surface area contributed by atoms with Crippen LogP contribution in [0.1, 0.15) is 12.5 Å². The standard InChI is InChI=1S/C12H14N2O2/c1-8(14-12(15)16)6-9-7-13-11-5-3-2-4-10(9)11/h2-5,7-8,13-14H,6H2,1H3,(H,15,16). The Labute approximate surface area is 93.3 Å². The smallest absolute Gasteiger partial charge is 0.404 e. The van der Waals surface area contributed by atoms with E-state index in [1.807, 2.05) is 37.4 Å². The summed E-state index contributed by atoms with van der Waals surface area (Å²) in [6.07, 6.45) is 1.65. The number of carbonyl (C=O) groups is 1. The Morgan fingerprint density at radius 2 is 2.25 bits per heavy atom. The van der Waals surface area contributed by atoms with Crippen LogP contribution in [0.4, 0.5) is 4.79 Å². The van der Waals surface area contributed by atoms with Gasteiger partial charge in [0.05, 0.1) is 0 Å². The number of nitrogens with one attached hydrogen (secondary N) is 2. The molecule has 0 radical (unpaired) electrons. The zero-order chi connectivity index (χ0) is 11.5. The first-order chi connectivity index (χ1) is 7.66. The molecule has 3 N–H and O–H groups in total. The molecular weight excluding hydrogens is 204 g/mol. The van der Waals surface area contributed by atoms with E-state index in [-0.39, 0.29) is 6.04 Å². The number of rotatable bonds is 3. The molecule has 16 heavy (non-hydrogen) atoms. The van der Waals surface area contributed by atoms with Crippen molar-refractivity contribution >= 4 is 17.0 Å². The third-order valence-electron chi connectivity index (χ3n) is 2.57. The van der Waals surface area contributed by atoms with Crippen molar-refractivity contribution in [3.63, 3.8) is 0 Å². The van der Waals surface area contributed by atoms with Gasteiger partial charge in [0.1, 0.15) is 0 Å². The molecule has 0 aliphatic carbocycles. The molecule has 4 heteroatoms. The van der Waals surface area contributed by atoms with Crippen molar-refractivity contribution in [1.29, 1.82) is 0 Å². The molecule has 2 rings (SSSR count). The number of benzene rings is 1. The van der Waals surface area contributed by atoms with Crippen molar-refractivity contribution in [3.8, 4) is 0 Å². The molecule has 0 spiro atoms. The van der Waals surface area contributed by atoms with E-state index in [1.165, 1.54) is 0 Å². The normalized spacial score (nSPS) is 12.6. The van der Waals surface area contributed by atoms with Crippen LogP contribution in [0.15, 0.2) is 30.5 Å². The molecule has 1 unspecified atom stereocenters. The van der Waals surface area contributed by atoms with E-state index in [4.69, 9.17) is 5.11 Å². The van der Waals surface area contributed by atoms with Gasteiger partial charge in [-0.2, -0.15) is 0 Å². The van der Waals surface area contributed by atoms with Crippen molar-refractivity contribution in [1.82, 2.24) is 10.3 Å². The molecule has 0 saturated carbocycles. The van der Waals surface area contributed by atoms with Crippen LogP contribution < -0.4 is 5.32 Å². The van der Waals surface area contributed by atoms with Crippen molar-refractivity contribution in [3.05, 3.63) is 36.0 Å². The Morgan fingerprint density at radius 3 is 3.00 bits per heavy atom. The van der Waals surface area contributed by atoms with Gasteiger partial charge in [-0.15, -0.1) is 0 Å². The highest BCUT2D eigenvalue weighted by Gasteiger charge is 2.09. The first-order valence-electron chi connectivity index (χ1n) is 5.21. The van der Waals surface area contributed by atoms with E-state index >= 15 is 0 Å². The number of amides is 1. The Bertz CT molecular complexity index is 504. The SMILES string of the molecule is CC(Cc1c[nH]c2ccccc12)NC(=O)O. The van der Waals surface area contributed by atoms with Gasteiger partial charge in [0.15, 0.2) is 0 Å². The molecule has 0 bridgehead atoms. The van der Waals surface area contributed by atoms with Crippen LogP contribution in [-0.2, 0) is 6.42 Å². The van der Waals surface area contributed by atoms with Crippen molar-refractivity contribution in [2.45, 2.75) is 19.4 Å². The number of aromatic nitrogens is 1. The molecule has 2 aromatic rings. The fourth-order valence-electron chi connectivity index (χ4n) is 1.89. The molecule has 1 amide bonds. The maximum Gasteiger partial charge on any atom is 0.404 e. The summed E-state index contributed by atoms with van der Waals surface area (Å²) in [6.45, 7) is 1.86. The number of para-hydroxylation sites is 1. The van der Waals surface area contributed by atoms with Gasteiger partial charge in [-0.3, -0.25) is 0 Å². The molecule has 4 nitrogen and oxygen atoms in total. The van der Waals surface area contributed by atoms with E-state index in [0.29, 0.717) is 6.42 Å². The lowest BCUT2D eigenvalue weighted by atomic mass is 10.1. The van der Waals surface area contributed by atoms with Crippen LogP contribution in [0, 0.1) is 0 Å². The summed E-state index contributed by atoms with van der Waals surface area (Å²) >= 11 is 0. The minimum absolute atomic E-state index is 0.0864. The molecule has 1 atom stereocenters. The molecule has 0 fully saturated rings. The predicted octanol–water partition coefficient (Wildman–Crippen LogP) is 2.37. The molecule has 1 aromatic carbocycles. The van der Waals surface area contributed by atoms with Crippen LogP contribution in [0.3, 0.4) is 0 Å². The molecule has 1 aromatic heterocycles. The van der Waals surface area contributed by atoms with E-state index < -0.39 is 6.09 Å². The fraction of sp³-hybridized carbons (Fsp3) is 0.250. The summed E-state index contributed by atoms with van der Waals surface area (Å²) < 4.78 is 0. The number of fused-ring (bicyclic) bond motifs is 1. The summed E-state index contributed by atoms with van der Waals surface area (Å²) in [6, 6.07) is 7.91. The number of aromatic amines is 1. The highest BCUT2D eigenvalue weighted by Crippen LogP contribution is 2.18. The van der Waals surface area contributed by atoms with E-state index in [2.05, 4.69) is 10.3 Å². The molecule has 0 aliphatic rings. The van der Waals surface area contributed by atoms with Crippen molar-refractivity contribution in [2.75, 3.05) is 0 Å². The summed E-state index contributed by atoms with van der Waals surface area (Å²) in [4.78, 5) is 13.7. The van der Waals surface area contributed by atoms with Gasteiger partial charge in [0, 0.05) is 23.1 Å². The predicted molar refractivity (Wildman–Crippen MR) is 62.6 cm³/mol. The number of hydrogen-bond acceptors (Lipinski definition) is 1. The highest BCUT2D eigenvalue weighted by atomic mass is 16.4.